The summed E-state index contributed by atoms with van der Waals surface area (Å²) in [5.41, 5.74) is -0.544. The van der Waals surface area contributed by atoms with Crippen LogP contribution in [-0.2, 0) is 4.74 Å². The first kappa shape index (κ1) is 21.7. The van der Waals surface area contributed by atoms with Crippen LogP contribution >= 0.6 is 0 Å². The number of hydrogen-bond donors (Lipinski definition) is 0. The van der Waals surface area contributed by atoms with Crippen LogP contribution in [0.15, 0.2) is 36.4 Å². The van der Waals surface area contributed by atoms with Crippen LogP contribution in [0.1, 0.15) is 34.6 Å². The molecule has 9 nitrogen and oxygen atoms in total. The topological polar surface area (TPSA) is 114 Å². The zero-order chi connectivity index (χ0) is 21.6. The lowest BCUT2D eigenvalue weighted by Gasteiger charge is -2.14. The van der Waals surface area contributed by atoms with Crippen LogP contribution < -0.4 is 14.2 Å². The third-order valence-electron chi connectivity index (χ3n) is 4.03. The molecule has 0 radical (unpaired) electrons. The SMILES string of the molecule is CCOc1cc([N+](=O)[O-])c(C(=O)O[C@@H](C)C(=O)c2ccc(OC)cc2)cc1OC. The Balaban J connectivity index is 2.28. The van der Waals surface area contributed by atoms with E-state index in [4.69, 9.17) is 18.9 Å². The predicted octanol–water partition coefficient (Wildman–Crippen LogP) is 3.44. The number of ketones is 1. The van der Waals surface area contributed by atoms with Crippen molar-refractivity contribution in [1.29, 1.82) is 0 Å². The van der Waals surface area contributed by atoms with Crippen molar-refractivity contribution in [3.05, 3.63) is 57.6 Å². The maximum atomic E-state index is 12.6. The molecule has 0 saturated carbocycles. The molecule has 0 aliphatic heterocycles. The van der Waals surface area contributed by atoms with Gasteiger partial charge in [-0.05, 0) is 38.1 Å². The van der Waals surface area contributed by atoms with Crippen molar-refractivity contribution in [2.45, 2.75) is 20.0 Å². The number of esters is 1. The van der Waals surface area contributed by atoms with Crippen LogP contribution in [0.4, 0.5) is 5.69 Å². The standard InChI is InChI=1S/C20H21NO8/c1-5-28-18-11-16(21(24)25)15(10-17(18)27-4)20(23)29-12(2)19(22)13-6-8-14(26-3)9-7-13/h6-12H,5H2,1-4H3/t12-/m0/s1. The average Bonchev–Trinajstić information content (AvgIpc) is 2.72. The summed E-state index contributed by atoms with van der Waals surface area (Å²) in [7, 11) is 2.84. The molecule has 0 N–H and O–H groups in total. The lowest BCUT2D eigenvalue weighted by molar-refractivity contribution is -0.385. The summed E-state index contributed by atoms with van der Waals surface area (Å²) in [5, 5.41) is 11.4. The molecule has 2 rings (SSSR count). The predicted molar refractivity (Wildman–Crippen MR) is 103 cm³/mol. The van der Waals surface area contributed by atoms with Gasteiger partial charge in [-0.2, -0.15) is 0 Å². The number of nitro benzene ring substituents is 1. The minimum atomic E-state index is -1.16. The van der Waals surface area contributed by atoms with E-state index in [0.717, 1.165) is 12.1 Å². The van der Waals surface area contributed by atoms with E-state index < -0.39 is 28.5 Å². The fourth-order valence-electron chi connectivity index (χ4n) is 2.56. The second kappa shape index (κ2) is 9.54. The molecular formula is C20H21NO8. The van der Waals surface area contributed by atoms with Crippen molar-refractivity contribution >= 4 is 17.4 Å². The molecule has 0 unspecified atom stereocenters. The molecule has 1 atom stereocenters. The van der Waals surface area contributed by atoms with Gasteiger partial charge in [-0.3, -0.25) is 14.9 Å². The van der Waals surface area contributed by atoms with Crippen molar-refractivity contribution in [3.63, 3.8) is 0 Å². The quantitative estimate of drug-likeness (QED) is 0.271. The summed E-state index contributed by atoms with van der Waals surface area (Å²) in [6.45, 7) is 3.35. The highest BCUT2D eigenvalue weighted by molar-refractivity contribution is 6.02. The number of rotatable bonds is 9. The molecule has 154 valence electrons. The van der Waals surface area contributed by atoms with Crippen molar-refractivity contribution in [2.24, 2.45) is 0 Å². The van der Waals surface area contributed by atoms with Gasteiger partial charge in [0.1, 0.15) is 11.3 Å². The van der Waals surface area contributed by atoms with Gasteiger partial charge in [0.2, 0.25) is 5.78 Å². The van der Waals surface area contributed by atoms with Gasteiger partial charge in [0.05, 0.1) is 31.8 Å². The van der Waals surface area contributed by atoms with Gasteiger partial charge in [-0.1, -0.05) is 0 Å². The lowest BCUT2D eigenvalue weighted by Crippen LogP contribution is -2.25. The van der Waals surface area contributed by atoms with Gasteiger partial charge in [-0.25, -0.2) is 4.79 Å². The summed E-state index contributed by atoms with van der Waals surface area (Å²) in [6.07, 6.45) is -1.16. The zero-order valence-electron chi connectivity index (χ0n) is 16.5. The zero-order valence-corrected chi connectivity index (χ0v) is 16.5. The average molecular weight is 403 g/mol. The molecule has 0 aliphatic carbocycles. The van der Waals surface area contributed by atoms with Crippen LogP contribution in [0.25, 0.3) is 0 Å². The number of benzene rings is 2. The Morgan fingerprint density at radius 1 is 1.07 bits per heavy atom. The van der Waals surface area contributed by atoms with Gasteiger partial charge in [-0.15, -0.1) is 0 Å². The molecule has 0 heterocycles. The molecule has 0 bridgehead atoms. The van der Waals surface area contributed by atoms with E-state index in [-0.39, 0.29) is 23.7 Å². The largest absolute Gasteiger partial charge is 0.497 e. The molecule has 0 spiro atoms. The normalized spacial score (nSPS) is 11.3. The fraction of sp³-hybridized carbons (Fsp3) is 0.300. The lowest BCUT2D eigenvalue weighted by atomic mass is 10.1. The number of carbonyl (C=O) groups excluding carboxylic acids is 2. The minimum Gasteiger partial charge on any atom is -0.497 e. The Hall–Kier alpha value is -3.62. The Bertz CT molecular complexity index is 907. The van der Waals surface area contributed by atoms with Crippen molar-refractivity contribution in [2.75, 3.05) is 20.8 Å². The summed E-state index contributed by atoms with van der Waals surface area (Å²) in [4.78, 5) is 35.7. The summed E-state index contributed by atoms with van der Waals surface area (Å²) >= 11 is 0. The van der Waals surface area contributed by atoms with Crippen molar-refractivity contribution in [1.82, 2.24) is 0 Å². The Kier molecular flexibility index (Phi) is 7.13. The van der Waals surface area contributed by atoms with Crippen molar-refractivity contribution < 1.29 is 33.5 Å². The molecular weight excluding hydrogens is 382 g/mol. The van der Waals surface area contributed by atoms with E-state index in [0.29, 0.717) is 11.3 Å². The molecule has 9 heteroatoms. The number of nitrogens with zero attached hydrogens (tertiary/aromatic N) is 1. The highest BCUT2D eigenvalue weighted by Crippen LogP contribution is 2.35. The first-order chi connectivity index (χ1) is 13.8. The number of methoxy groups -OCH3 is 2. The molecule has 29 heavy (non-hydrogen) atoms. The van der Waals surface area contributed by atoms with E-state index in [1.54, 1.807) is 19.1 Å². The molecule has 2 aromatic rings. The van der Waals surface area contributed by atoms with Crippen LogP contribution in [0.2, 0.25) is 0 Å². The number of Topliss-reactive ketones (excluding diaryl/α,β-unsaturated/α-hetero) is 1. The molecule has 0 fully saturated rings. The third kappa shape index (κ3) is 5.01. The van der Waals surface area contributed by atoms with Crippen LogP contribution in [0, 0.1) is 10.1 Å². The Labute approximate surface area is 167 Å². The van der Waals surface area contributed by atoms with E-state index in [1.165, 1.54) is 33.3 Å². The maximum Gasteiger partial charge on any atom is 0.346 e. The van der Waals surface area contributed by atoms with Gasteiger partial charge >= 0.3 is 5.97 Å². The number of ether oxygens (including phenoxy) is 4. The number of carbonyl (C=O) groups is 2. The first-order valence-corrected chi connectivity index (χ1v) is 8.70. The molecule has 0 amide bonds. The molecule has 2 aromatic carbocycles. The summed E-state index contributed by atoms with van der Waals surface area (Å²) in [5.74, 6) is -0.642. The summed E-state index contributed by atoms with van der Waals surface area (Å²) in [6, 6.07) is 8.53. The van der Waals surface area contributed by atoms with E-state index >= 15 is 0 Å². The summed E-state index contributed by atoms with van der Waals surface area (Å²) < 4.78 is 20.6. The van der Waals surface area contributed by atoms with E-state index in [1.807, 2.05) is 0 Å². The van der Waals surface area contributed by atoms with Gasteiger partial charge in [0.15, 0.2) is 17.6 Å². The molecule has 0 aromatic heterocycles. The van der Waals surface area contributed by atoms with E-state index in [2.05, 4.69) is 0 Å². The van der Waals surface area contributed by atoms with Crippen LogP contribution in [0.3, 0.4) is 0 Å². The monoisotopic (exact) mass is 403 g/mol. The second-order valence-corrected chi connectivity index (χ2v) is 5.85. The Morgan fingerprint density at radius 2 is 1.72 bits per heavy atom. The van der Waals surface area contributed by atoms with Gasteiger partial charge in [0.25, 0.3) is 5.69 Å². The maximum absolute atomic E-state index is 12.6. The number of hydrogen-bond acceptors (Lipinski definition) is 8. The van der Waals surface area contributed by atoms with E-state index in [9.17, 15) is 19.7 Å². The van der Waals surface area contributed by atoms with Gasteiger partial charge < -0.3 is 18.9 Å². The van der Waals surface area contributed by atoms with Crippen molar-refractivity contribution in [3.8, 4) is 17.2 Å². The first-order valence-electron chi connectivity index (χ1n) is 8.70. The highest BCUT2D eigenvalue weighted by atomic mass is 16.6. The fourth-order valence-corrected chi connectivity index (χ4v) is 2.56. The highest BCUT2D eigenvalue weighted by Gasteiger charge is 2.28. The molecule has 0 aliphatic rings. The molecule has 0 saturated heterocycles. The Morgan fingerprint density at radius 3 is 2.24 bits per heavy atom. The van der Waals surface area contributed by atoms with Gasteiger partial charge in [0, 0.05) is 11.6 Å². The number of nitro groups is 1. The van der Waals surface area contributed by atoms with Crippen LogP contribution in [-0.4, -0.2) is 43.6 Å². The van der Waals surface area contributed by atoms with Crippen LogP contribution in [0.5, 0.6) is 17.2 Å². The third-order valence-corrected chi connectivity index (χ3v) is 4.03. The second-order valence-electron chi connectivity index (χ2n) is 5.85. The minimum absolute atomic E-state index is 0.126. The smallest absolute Gasteiger partial charge is 0.346 e.